The van der Waals surface area contributed by atoms with Crippen molar-refractivity contribution >= 4 is 9.84 Å². The molecule has 1 aromatic rings. The predicted octanol–water partition coefficient (Wildman–Crippen LogP) is 7.39. The Hall–Kier alpha value is -2.24. The molecule has 0 spiro atoms. The minimum atomic E-state index is -4.10. The van der Waals surface area contributed by atoms with E-state index in [1.54, 1.807) is 18.2 Å². The monoisotopic (exact) mass is 496 g/mol. The molecule has 4 rings (SSSR count). The molecule has 0 aliphatic heterocycles. The third-order valence-electron chi connectivity index (χ3n) is 8.27. The van der Waals surface area contributed by atoms with Gasteiger partial charge in [-0.05, 0) is 92.4 Å². The number of allylic oxidation sites excluding steroid dienone is 7. The van der Waals surface area contributed by atoms with Gasteiger partial charge in [-0.15, -0.1) is 0 Å². The fourth-order valence-corrected chi connectivity index (χ4v) is 7.29. The molecule has 2 fully saturated rings. The van der Waals surface area contributed by atoms with Crippen molar-refractivity contribution in [1.29, 1.82) is 0 Å². The Morgan fingerprint density at radius 1 is 1.26 bits per heavy atom. The highest BCUT2D eigenvalue weighted by molar-refractivity contribution is 7.95. The van der Waals surface area contributed by atoms with Gasteiger partial charge in [0.25, 0.3) is 0 Å². The van der Waals surface area contributed by atoms with Gasteiger partial charge in [0, 0.05) is 0 Å². The van der Waals surface area contributed by atoms with Gasteiger partial charge in [0.15, 0.2) is 0 Å². The first-order chi connectivity index (χ1) is 16.6. The number of sulfone groups is 1. The van der Waals surface area contributed by atoms with E-state index in [-0.39, 0.29) is 22.3 Å². The molecule has 0 bridgehead atoms. The van der Waals surface area contributed by atoms with Gasteiger partial charge in [-0.3, -0.25) is 0 Å². The van der Waals surface area contributed by atoms with E-state index in [9.17, 15) is 17.9 Å². The Kier molecular flexibility index (Phi) is 7.68. The standard InChI is InChI=1S/C30H37FO3S/c1-21-11-15-25(32)20-24(21)14-13-23-8-7-19-30(3)27(16-17-28(23)30)22(2)12-18-29(31)35(33,34)26-9-5-4-6-10-26/h4-6,9-10,13-14,16,18,22,25,28,32H,1,7-8,11-12,15,17,19-20H2,2-3H3/b23-13+,24-14-,29-18-/t22-,25-,28?,30?/m1/s1. The highest BCUT2D eigenvalue weighted by Crippen LogP contribution is 2.57. The molecule has 3 nitrogen and oxygen atoms in total. The van der Waals surface area contributed by atoms with Crippen LogP contribution in [-0.2, 0) is 9.84 Å². The van der Waals surface area contributed by atoms with E-state index in [1.165, 1.54) is 29.4 Å². The van der Waals surface area contributed by atoms with E-state index in [0.29, 0.717) is 18.8 Å². The lowest BCUT2D eigenvalue weighted by atomic mass is 9.62. The van der Waals surface area contributed by atoms with E-state index < -0.39 is 15.0 Å². The van der Waals surface area contributed by atoms with Gasteiger partial charge in [0.05, 0.1) is 11.0 Å². The number of aliphatic hydroxyl groups is 1. The molecule has 2 saturated carbocycles. The van der Waals surface area contributed by atoms with E-state index in [4.69, 9.17) is 0 Å². The summed E-state index contributed by atoms with van der Waals surface area (Å²) in [6.45, 7) is 8.57. The first kappa shape index (κ1) is 25.8. The predicted molar refractivity (Wildman–Crippen MR) is 140 cm³/mol. The molecule has 4 atom stereocenters. The van der Waals surface area contributed by atoms with Crippen LogP contribution in [0.1, 0.15) is 65.2 Å². The first-order valence-electron chi connectivity index (χ1n) is 12.7. The van der Waals surface area contributed by atoms with Crippen molar-refractivity contribution in [3.63, 3.8) is 0 Å². The SMILES string of the molecule is C=C1CC[C@@H](O)C/C1=C/C=C1\CCCC2(C)C([C@H](C)C/C=C(/F)S(=O)(=O)c3ccccc3)=CCC12. The number of hydrogen-bond acceptors (Lipinski definition) is 3. The maximum Gasteiger partial charge on any atom is 0.232 e. The lowest BCUT2D eigenvalue weighted by Crippen LogP contribution is -2.32. The highest BCUT2D eigenvalue weighted by atomic mass is 32.2. The summed E-state index contributed by atoms with van der Waals surface area (Å²) in [5.41, 5.74) is 5.05. The second kappa shape index (κ2) is 10.4. The van der Waals surface area contributed by atoms with Crippen molar-refractivity contribution in [2.24, 2.45) is 17.3 Å². The van der Waals surface area contributed by atoms with Crippen molar-refractivity contribution in [3.8, 4) is 0 Å². The fraction of sp³-hybridized carbons (Fsp3) is 0.467. The van der Waals surface area contributed by atoms with Crippen LogP contribution < -0.4 is 0 Å². The third kappa shape index (κ3) is 5.31. The Morgan fingerprint density at radius 2 is 2.00 bits per heavy atom. The molecular weight excluding hydrogens is 459 g/mol. The van der Waals surface area contributed by atoms with Gasteiger partial charge in [-0.25, -0.2) is 8.42 Å². The van der Waals surface area contributed by atoms with Crippen LogP contribution in [0.4, 0.5) is 4.39 Å². The summed E-state index contributed by atoms with van der Waals surface area (Å²) >= 11 is 0. The zero-order valence-corrected chi connectivity index (χ0v) is 21.7. The van der Waals surface area contributed by atoms with Crippen molar-refractivity contribution in [2.75, 3.05) is 0 Å². The summed E-state index contributed by atoms with van der Waals surface area (Å²) in [7, 11) is -4.10. The summed E-state index contributed by atoms with van der Waals surface area (Å²) < 4.78 is 39.9. The van der Waals surface area contributed by atoms with Crippen LogP contribution in [-0.4, -0.2) is 19.6 Å². The van der Waals surface area contributed by atoms with Gasteiger partial charge in [0.1, 0.15) is 0 Å². The Morgan fingerprint density at radius 3 is 2.74 bits per heavy atom. The van der Waals surface area contributed by atoms with Crippen LogP contribution >= 0.6 is 0 Å². The Labute approximate surface area is 209 Å². The first-order valence-corrected chi connectivity index (χ1v) is 14.2. The van der Waals surface area contributed by atoms with Crippen LogP contribution in [0.5, 0.6) is 0 Å². The topological polar surface area (TPSA) is 54.4 Å². The van der Waals surface area contributed by atoms with Crippen LogP contribution in [0.2, 0.25) is 0 Å². The van der Waals surface area contributed by atoms with E-state index in [1.807, 2.05) is 0 Å². The highest BCUT2D eigenvalue weighted by Gasteiger charge is 2.45. The summed E-state index contributed by atoms with van der Waals surface area (Å²) in [5.74, 6) is 0.474. The minimum Gasteiger partial charge on any atom is -0.393 e. The van der Waals surface area contributed by atoms with Gasteiger partial charge in [0.2, 0.25) is 15.0 Å². The summed E-state index contributed by atoms with van der Waals surface area (Å²) in [5, 5.41) is 8.98. The lowest BCUT2D eigenvalue weighted by Gasteiger charge is -2.42. The summed E-state index contributed by atoms with van der Waals surface area (Å²) in [6.07, 6.45) is 14.6. The molecule has 0 heterocycles. The maximum absolute atomic E-state index is 14.8. The molecule has 1 aromatic carbocycles. The molecule has 0 radical (unpaired) electrons. The van der Waals surface area contributed by atoms with Gasteiger partial charge in [-0.2, -0.15) is 4.39 Å². The van der Waals surface area contributed by atoms with Crippen molar-refractivity contribution < 1.29 is 17.9 Å². The molecule has 3 aliphatic rings. The fourth-order valence-electron chi connectivity index (χ4n) is 6.23. The van der Waals surface area contributed by atoms with E-state index in [0.717, 1.165) is 49.7 Å². The normalized spacial score (nSPS) is 30.9. The zero-order chi connectivity index (χ0) is 25.2. The maximum atomic E-state index is 14.8. The summed E-state index contributed by atoms with van der Waals surface area (Å²) in [6, 6.07) is 7.76. The average molecular weight is 497 g/mol. The zero-order valence-electron chi connectivity index (χ0n) is 20.8. The molecule has 1 N–H and O–H groups in total. The minimum absolute atomic E-state index is 0.00765. The number of halogens is 1. The van der Waals surface area contributed by atoms with Crippen molar-refractivity contribution in [2.45, 2.75) is 76.2 Å². The molecule has 0 amide bonds. The lowest BCUT2D eigenvalue weighted by molar-refractivity contribution is 0.158. The van der Waals surface area contributed by atoms with Gasteiger partial charge >= 0.3 is 0 Å². The second-order valence-electron chi connectivity index (χ2n) is 10.6. The smallest absolute Gasteiger partial charge is 0.232 e. The average Bonchev–Trinajstić information content (AvgIpc) is 3.21. The molecule has 3 aliphatic carbocycles. The van der Waals surface area contributed by atoms with Gasteiger partial charge in [-0.1, -0.05) is 73.6 Å². The molecule has 0 aromatic heterocycles. The molecule has 5 heteroatoms. The van der Waals surface area contributed by atoms with E-state index >= 15 is 0 Å². The third-order valence-corrected chi connectivity index (χ3v) is 9.84. The molecule has 0 saturated heterocycles. The van der Waals surface area contributed by atoms with Crippen LogP contribution in [0.25, 0.3) is 0 Å². The molecule has 35 heavy (non-hydrogen) atoms. The van der Waals surface area contributed by atoms with Crippen LogP contribution in [0.3, 0.4) is 0 Å². The number of benzene rings is 1. The summed E-state index contributed by atoms with van der Waals surface area (Å²) in [4.78, 5) is -0.0159. The van der Waals surface area contributed by atoms with E-state index in [2.05, 4.69) is 38.7 Å². The molecule has 2 unspecified atom stereocenters. The second-order valence-corrected chi connectivity index (χ2v) is 12.5. The molecule has 188 valence electrons. The molecular formula is C30H37FO3S. The Balaban J connectivity index is 1.48. The number of rotatable bonds is 6. The van der Waals surface area contributed by atoms with Gasteiger partial charge < -0.3 is 5.11 Å². The number of aliphatic hydroxyl groups excluding tert-OH is 1. The van der Waals surface area contributed by atoms with Crippen LogP contribution in [0, 0.1) is 17.3 Å². The quantitative estimate of drug-likeness (QED) is 0.418. The van der Waals surface area contributed by atoms with Crippen molar-refractivity contribution in [1.82, 2.24) is 0 Å². The largest absolute Gasteiger partial charge is 0.393 e. The Bertz CT molecular complexity index is 1190. The van der Waals surface area contributed by atoms with Crippen molar-refractivity contribution in [3.05, 3.63) is 88.7 Å². The number of fused-ring (bicyclic) bond motifs is 1. The van der Waals surface area contributed by atoms with Crippen LogP contribution in [0.15, 0.2) is 93.6 Å². The number of hydrogen-bond donors (Lipinski definition) is 1.